The van der Waals surface area contributed by atoms with Gasteiger partial charge in [0.05, 0.1) is 36.9 Å². The Kier molecular flexibility index (Phi) is 9.27. The highest BCUT2D eigenvalue weighted by atomic mass is 19.1. The number of amides is 1. The van der Waals surface area contributed by atoms with E-state index in [9.17, 15) is 18.8 Å². The van der Waals surface area contributed by atoms with Crippen molar-refractivity contribution in [2.75, 3.05) is 20.3 Å². The van der Waals surface area contributed by atoms with E-state index in [1.807, 2.05) is 0 Å². The number of carbonyl (C=O) groups is 1. The van der Waals surface area contributed by atoms with Gasteiger partial charge in [-0.05, 0) is 70.0 Å². The van der Waals surface area contributed by atoms with Crippen LogP contribution in [0.3, 0.4) is 0 Å². The first-order valence-corrected chi connectivity index (χ1v) is 13.5. The Morgan fingerprint density at radius 3 is 2.57 bits per heavy atom. The molecule has 42 heavy (non-hydrogen) atoms. The fourth-order valence-electron chi connectivity index (χ4n) is 4.88. The van der Waals surface area contributed by atoms with Crippen molar-refractivity contribution in [2.24, 2.45) is 5.73 Å². The molecule has 3 aromatic rings. The lowest BCUT2D eigenvalue weighted by Crippen LogP contribution is -2.54. The minimum absolute atomic E-state index is 0.0475. The van der Waals surface area contributed by atoms with Crippen molar-refractivity contribution < 1.29 is 28.1 Å². The molecule has 1 aliphatic rings. The molecule has 2 heterocycles. The molecule has 2 aromatic carbocycles. The zero-order chi connectivity index (χ0) is 30.6. The maximum Gasteiger partial charge on any atom is 0.332 e. The number of hydrogen-bond acceptors (Lipinski definition) is 8. The van der Waals surface area contributed by atoms with Crippen LogP contribution in [0.1, 0.15) is 50.8 Å². The number of primary amides is 1. The number of aromatic nitrogens is 2. The molecule has 3 N–H and O–H groups in total. The molecule has 0 radical (unpaired) electrons. The van der Waals surface area contributed by atoms with Gasteiger partial charge in [0.2, 0.25) is 11.8 Å². The number of allylic oxidation sites excluding steroid dienone is 1. The minimum Gasteiger partial charge on any atom is -0.496 e. The molecule has 0 spiro atoms. The van der Waals surface area contributed by atoms with Gasteiger partial charge in [-0.3, -0.25) is 19.6 Å². The van der Waals surface area contributed by atoms with Gasteiger partial charge in [-0.25, -0.2) is 13.8 Å². The van der Waals surface area contributed by atoms with Crippen LogP contribution in [0.15, 0.2) is 58.3 Å². The summed E-state index contributed by atoms with van der Waals surface area (Å²) in [6.07, 6.45) is 2.98. The summed E-state index contributed by atoms with van der Waals surface area (Å²) in [5.41, 5.74) is 3.22. The quantitative estimate of drug-likeness (QED) is 0.212. The summed E-state index contributed by atoms with van der Waals surface area (Å²) < 4.78 is 39.3. The molecule has 1 saturated heterocycles. The molecular weight excluding hydrogens is 547 g/mol. The number of benzene rings is 2. The lowest BCUT2D eigenvalue weighted by atomic mass is 10.0. The van der Waals surface area contributed by atoms with Crippen LogP contribution in [0.2, 0.25) is 0 Å². The van der Waals surface area contributed by atoms with E-state index >= 15 is 0 Å². The molecule has 0 aliphatic carbocycles. The molecule has 0 unspecified atom stereocenters. The van der Waals surface area contributed by atoms with Gasteiger partial charge in [-0.1, -0.05) is 6.08 Å². The van der Waals surface area contributed by atoms with Crippen molar-refractivity contribution in [3.63, 3.8) is 0 Å². The number of fused-ring (bicyclic) bond motifs is 1. The first kappa shape index (κ1) is 30.7. The van der Waals surface area contributed by atoms with E-state index in [1.54, 1.807) is 19.1 Å². The third kappa shape index (κ3) is 6.14. The van der Waals surface area contributed by atoms with Gasteiger partial charge in [0, 0.05) is 24.3 Å². The number of nitrogens with two attached hydrogens (primary N) is 1. The Morgan fingerprint density at radius 2 is 1.93 bits per heavy atom. The molecule has 0 saturated carbocycles. The average molecular weight is 583 g/mol. The Morgan fingerprint density at radius 1 is 1.21 bits per heavy atom. The standard InChI is InChI=1S/C30H35FN4O7/c1-5-12-41-26(32)18-6-8-23-21(15-18)27(36)35(30(2,3)28(33)37)29(38)34(23)17-25(42-20-10-13-40-14-11-20)22-16-19(31)7-9-24(22)39-4/h5-9,12,15-16,20,25,32H,10-11,13-14,17H2,1-4H3,(H2,33,37)/b12-5-,32-26?/t25-/m0/s1. The van der Waals surface area contributed by atoms with Crippen LogP contribution in [-0.4, -0.2) is 47.4 Å². The van der Waals surface area contributed by atoms with E-state index in [-0.39, 0.29) is 35.0 Å². The Hall–Kier alpha value is -4.29. The van der Waals surface area contributed by atoms with Crippen molar-refractivity contribution in [3.05, 3.63) is 86.5 Å². The van der Waals surface area contributed by atoms with Crippen LogP contribution in [-0.2, 0) is 31.1 Å². The fourth-order valence-corrected chi connectivity index (χ4v) is 4.88. The highest BCUT2D eigenvalue weighted by Gasteiger charge is 2.34. The van der Waals surface area contributed by atoms with Gasteiger partial charge in [-0.2, -0.15) is 0 Å². The molecule has 1 aliphatic heterocycles. The topological polar surface area (TPSA) is 148 Å². The summed E-state index contributed by atoms with van der Waals surface area (Å²) in [5, 5.41) is 8.30. The van der Waals surface area contributed by atoms with Crippen molar-refractivity contribution >= 4 is 22.7 Å². The number of ether oxygens (including phenoxy) is 4. The van der Waals surface area contributed by atoms with Crippen molar-refractivity contribution in [2.45, 2.75) is 57.9 Å². The summed E-state index contributed by atoms with van der Waals surface area (Å²) in [6, 6.07) is 8.52. The van der Waals surface area contributed by atoms with Crippen molar-refractivity contribution in [3.8, 4) is 5.75 Å². The Balaban J connectivity index is 1.97. The summed E-state index contributed by atoms with van der Waals surface area (Å²) in [6.45, 7) is 5.29. The Labute approximate surface area is 241 Å². The first-order valence-electron chi connectivity index (χ1n) is 13.5. The van der Waals surface area contributed by atoms with E-state index < -0.39 is 34.6 Å². The van der Waals surface area contributed by atoms with Crippen LogP contribution in [0.4, 0.5) is 4.39 Å². The molecule has 11 nitrogen and oxygen atoms in total. The second kappa shape index (κ2) is 12.7. The predicted molar refractivity (Wildman–Crippen MR) is 154 cm³/mol. The van der Waals surface area contributed by atoms with E-state index in [1.165, 1.54) is 62.1 Å². The smallest absolute Gasteiger partial charge is 0.332 e. The molecule has 1 atom stereocenters. The van der Waals surface area contributed by atoms with Crippen LogP contribution >= 0.6 is 0 Å². The largest absolute Gasteiger partial charge is 0.496 e. The average Bonchev–Trinajstić information content (AvgIpc) is 2.97. The second-order valence-electron chi connectivity index (χ2n) is 10.4. The number of methoxy groups -OCH3 is 1. The van der Waals surface area contributed by atoms with Crippen LogP contribution in [0.25, 0.3) is 10.9 Å². The van der Waals surface area contributed by atoms with Gasteiger partial charge in [-0.15, -0.1) is 0 Å². The zero-order valence-electron chi connectivity index (χ0n) is 24.0. The first-order chi connectivity index (χ1) is 20.0. The third-order valence-electron chi connectivity index (χ3n) is 7.30. The highest BCUT2D eigenvalue weighted by molar-refractivity contribution is 5.96. The van der Waals surface area contributed by atoms with Crippen LogP contribution in [0.5, 0.6) is 5.75 Å². The van der Waals surface area contributed by atoms with Gasteiger partial charge in [0.25, 0.3) is 5.56 Å². The summed E-state index contributed by atoms with van der Waals surface area (Å²) in [4.78, 5) is 40.3. The third-order valence-corrected chi connectivity index (χ3v) is 7.30. The van der Waals surface area contributed by atoms with E-state index in [4.69, 9.17) is 30.1 Å². The maximum absolute atomic E-state index is 14.5. The van der Waals surface area contributed by atoms with E-state index in [0.717, 1.165) is 4.57 Å². The molecule has 0 bridgehead atoms. The zero-order valence-corrected chi connectivity index (χ0v) is 24.0. The van der Waals surface area contributed by atoms with Gasteiger partial charge < -0.3 is 24.7 Å². The van der Waals surface area contributed by atoms with Crippen molar-refractivity contribution in [1.82, 2.24) is 9.13 Å². The molecule has 4 rings (SSSR count). The molecule has 1 amide bonds. The Bertz CT molecular complexity index is 1640. The van der Waals surface area contributed by atoms with Crippen LogP contribution in [0, 0.1) is 11.2 Å². The van der Waals surface area contributed by atoms with Crippen molar-refractivity contribution in [1.29, 1.82) is 5.41 Å². The molecule has 12 heteroatoms. The predicted octanol–water partition coefficient (Wildman–Crippen LogP) is 3.34. The number of nitrogens with zero attached hydrogens (tertiary/aromatic N) is 2. The van der Waals surface area contributed by atoms with E-state index in [0.29, 0.717) is 37.4 Å². The number of carbonyl (C=O) groups excluding carboxylic acids is 1. The monoisotopic (exact) mass is 582 g/mol. The summed E-state index contributed by atoms with van der Waals surface area (Å²) in [7, 11) is 1.45. The van der Waals surface area contributed by atoms with Gasteiger partial charge in [0.1, 0.15) is 23.2 Å². The van der Waals surface area contributed by atoms with E-state index in [2.05, 4.69) is 0 Å². The van der Waals surface area contributed by atoms with Gasteiger partial charge >= 0.3 is 5.69 Å². The molecular formula is C30H35FN4O7. The second-order valence-corrected chi connectivity index (χ2v) is 10.4. The lowest BCUT2D eigenvalue weighted by molar-refractivity contribution is -0.125. The number of nitrogens with one attached hydrogen (secondary N) is 1. The fraction of sp³-hybridized carbons (Fsp3) is 0.400. The molecule has 1 aromatic heterocycles. The molecule has 224 valence electrons. The number of halogens is 1. The summed E-state index contributed by atoms with van der Waals surface area (Å²) in [5.74, 6) is -1.28. The van der Waals surface area contributed by atoms with Crippen LogP contribution < -0.4 is 21.7 Å². The minimum atomic E-state index is -1.71. The maximum atomic E-state index is 14.5. The highest BCUT2D eigenvalue weighted by Crippen LogP contribution is 2.33. The summed E-state index contributed by atoms with van der Waals surface area (Å²) >= 11 is 0. The van der Waals surface area contributed by atoms with Gasteiger partial charge in [0.15, 0.2) is 0 Å². The number of rotatable bonds is 10. The normalized spacial score (nSPS) is 15.2. The SMILES string of the molecule is C/C=C\OC(=N)c1ccc2c(c1)c(=O)n(C(C)(C)C(N)=O)c(=O)n2C[C@H](OC1CCOCC1)c1cc(F)ccc1OC. The number of hydrogen-bond donors (Lipinski definition) is 2. The lowest BCUT2D eigenvalue weighted by Gasteiger charge is -2.30. The molecule has 1 fully saturated rings.